The second kappa shape index (κ2) is 5.97. The maximum Gasteiger partial charge on any atom is 0.115 e. The van der Waals surface area contributed by atoms with Gasteiger partial charge in [-0.1, -0.05) is 30.3 Å². The third kappa shape index (κ3) is 3.11. The highest BCUT2D eigenvalue weighted by atomic mass is 16.3. The Morgan fingerprint density at radius 3 is 2.75 bits per heavy atom. The van der Waals surface area contributed by atoms with Crippen LogP contribution in [0, 0.1) is 0 Å². The van der Waals surface area contributed by atoms with E-state index >= 15 is 0 Å². The van der Waals surface area contributed by atoms with Crippen molar-refractivity contribution in [3.8, 4) is 5.75 Å². The molecule has 20 heavy (non-hydrogen) atoms. The molecule has 1 heterocycles. The SMILES string of the molecule is Oc1cccc(CN[C@@H]2CCN(c3ccccc3)C2)c1. The lowest BCUT2D eigenvalue weighted by Crippen LogP contribution is -2.32. The maximum atomic E-state index is 9.46. The highest BCUT2D eigenvalue weighted by molar-refractivity contribution is 5.47. The van der Waals surface area contributed by atoms with Crippen LogP contribution in [0.4, 0.5) is 5.69 Å². The quantitative estimate of drug-likeness (QED) is 0.895. The number of anilines is 1. The molecule has 0 amide bonds. The average molecular weight is 268 g/mol. The van der Waals surface area contributed by atoms with Crippen LogP contribution in [0.5, 0.6) is 5.75 Å². The summed E-state index contributed by atoms with van der Waals surface area (Å²) in [4.78, 5) is 2.42. The van der Waals surface area contributed by atoms with Crippen LogP contribution in [0.1, 0.15) is 12.0 Å². The Kier molecular flexibility index (Phi) is 3.88. The summed E-state index contributed by atoms with van der Waals surface area (Å²) in [6, 6.07) is 18.5. The van der Waals surface area contributed by atoms with E-state index in [0.717, 1.165) is 31.6 Å². The molecule has 2 N–H and O–H groups in total. The van der Waals surface area contributed by atoms with Crippen molar-refractivity contribution >= 4 is 5.69 Å². The minimum Gasteiger partial charge on any atom is -0.508 e. The van der Waals surface area contributed by atoms with E-state index in [-0.39, 0.29) is 0 Å². The number of hydrogen-bond acceptors (Lipinski definition) is 3. The van der Waals surface area contributed by atoms with Gasteiger partial charge in [0.2, 0.25) is 0 Å². The van der Waals surface area contributed by atoms with Crippen molar-refractivity contribution in [2.45, 2.75) is 19.0 Å². The number of hydrogen-bond donors (Lipinski definition) is 2. The van der Waals surface area contributed by atoms with E-state index in [1.54, 1.807) is 6.07 Å². The smallest absolute Gasteiger partial charge is 0.115 e. The predicted octanol–water partition coefficient (Wildman–Crippen LogP) is 2.76. The predicted molar refractivity (Wildman–Crippen MR) is 82.0 cm³/mol. The highest BCUT2D eigenvalue weighted by Gasteiger charge is 2.21. The molecule has 1 aliphatic rings. The van der Waals surface area contributed by atoms with Crippen LogP contribution in [-0.4, -0.2) is 24.2 Å². The molecule has 1 atom stereocenters. The van der Waals surface area contributed by atoms with Crippen molar-refractivity contribution in [1.82, 2.24) is 5.32 Å². The van der Waals surface area contributed by atoms with E-state index in [9.17, 15) is 5.11 Å². The Labute approximate surface area is 119 Å². The van der Waals surface area contributed by atoms with Crippen molar-refractivity contribution in [1.29, 1.82) is 0 Å². The summed E-state index contributed by atoms with van der Waals surface area (Å²) in [5, 5.41) is 13.0. The summed E-state index contributed by atoms with van der Waals surface area (Å²) < 4.78 is 0. The van der Waals surface area contributed by atoms with Gasteiger partial charge in [-0.2, -0.15) is 0 Å². The van der Waals surface area contributed by atoms with E-state index in [1.807, 2.05) is 18.2 Å². The molecule has 0 unspecified atom stereocenters. The van der Waals surface area contributed by atoms with Gasteiger partial charge in [-0.05, 0) is 36.2 Å². The molecule has 2 aromatic carbocycles. The van der Waals surface area contributed by atoms with E-state index in [4.69, 9.17) is 0 Å². The zero-order valence-electron chi connectivity index (χ0n) is 11.5. The van der Waals surface area contributed by atoms with Gasteiger partial charge in [0.05, 0.1) is 0 Å². The molecule has 3 nitrogen and oxygen atoms in total. The summed E-state index contributed by atoms with van der Waals surface area (Å²) in [5.41, 5.74) is 2.43. The number of phenols is 1. The lowest BCUT2D eigenvalue weighted by molar-refractivity contribution is 0.473. The van der Waals surface area contributed by atoms with E-state index in [0.29, 0.717) is 11.8 Å². The Morgan fingerprint density at radius 1 is 1.10 bits per heavy atom. The van der Waals surface area contributed by atoms with Gasteiger partial charge in [-0.15, -0.1) is 0 Å². The zero-order valence-corrected chi connectivity index (χ0v) is 11.5. The van der Waals surface area contributed by atoms with Gasteiger partial charge in [-0.25, -0.2) is 0 Å². The minimum absolute atomic E-state index is 0.335. The summed E-state index contributed by atoms with van der Waals surface area (Å²) in [6.45, 7) is 2.95. The lowest BCUT2D eigenvalue weighted by atomic mass is 10.2. The fourth-order valence-electron chi connectivity index (χ4n) is 2.73. The molecule has 1 saturated heterocycles. The largest absolute Gasteiger partial charge is 0.508 e. The molecule has 3 heteroatoms. The molecule has 0 aromatic heterocycles. The van der Waals surface area contributed by atoms with Crippen LogP contribution < -0.4 is 10.2 Å². The molecule has 3 rings (SSSR count). The second-order valence-corrected chi connectivity index (χ2v) is 5.32. The summed E-state index contributed by atoms with van der Waals surface area (Å²) >= 11 is 0. The van der Waals surface area contributed by atoms with Crippen LogP contribution in [0.15, 0.2) is 54.6 Å². The number of aromatic hydroxyl groups is 1. The van der Waals surface area contributed by atoms with Gasteiger partial charge in [0.25, 0.3) is 0 Å². The molecular weight excluding hydrogens is 248 g/mol. The first-order valence-corrected chi connectivity index (χ1v) is 7.12. The summed E-state index contributed by atoms with van der Waals surface area (Å²) in [5.74, 6) is 0.335. The molecule has 0 aliphatic carbocycles. The maximum absolute atomic E-state index is 9.46. The second-order valence-electron chi connectivity index (χ2n) is 5.32. The van der Waals surface area contributed by atoms with Crippen molar-refractivity contribution in [2.24, 2.45) is 0 Å². The van der Waals surface area contributed by atoms with E-state index in [2.05, 4.69) is 40.5 Å². The normalized spacial score (nSPS) is 18.4. The van der Waals surface area contributed by atoms with E-state index in [1.165, 1.54) is 5.69 Å². The standard InChI is InChI=1S/C17H20N2O/c20-17-8-4-5-14(11-17)12-18-15-9-10-19(13-15)16-6-2-1-3-7-16/h1-8,11,15,18,20H,9-10,12-13H2/t15-/m1/s1. The number of para-hydroxylation sites is 1. The Bertz CT molecular complexity index is 556. The molecule has 104 valence electrons. The Balaban J connectivity index is 1.53. The summed E-state index contributed by atoms with van der Waals surface area (Å²) in [6.07, 6.45) is 1.16. The molecule has 2 aromatic rings. The number of nitrogens with zero attached hydrogens (tertiary/aromatic N) is 1. The molecule has 1 fully saturated rings. The minimum atomic E-state index is 0.335. The van der Waals surface area contributed by atoms with Crippen molar-refractivity contribution < 1.29 is 5.11 Å². The lowest BCUT2D eigenvalue weighted by Gasteiger charge is -2.19. The van der Waals surface area contributed by atoms with Crippen LogP contribution in [0.25, 0.3) is 0 Å². The molecule has 0 saturated carbocycles. The molecule has 0 radical (unpaired) electrons. The van der Waals surface area contributed by atoms with E-state index < -0.39 is 0 Å². The Morgan fingerprint density at radius 2 is 1.95 bits per heavy atom. The van der Waals surface area contributed by atoms with Gasteiger partial charge in [0.1, 0.15) is 5.75 Å². The third-order valence-electron chi connectivity index (χ3n) is 3.82. The number of benzene rings is 2. The number of rotatable bonds is 4. The molecule has 1 aliphatic heterocycles. The fourth-order valence-corrected chi connectivity index (χ4v) is 2.73. The van der Waals surface area contributed by atoms with Gasteiger partial charge >= 0.3 is 0 Å². The number of nitrogens with one attached hydrogen (secondary N) is 1. The Hall–Kier alpha value is -2.00. The summed E-state index contributed by atoms with van der Waals surface area (Å²) in [7, 11) is 0. The molecule has 0 spiro atoms. The third-order valence-corrected chi connectivity index (χ3v) is 3.82. The van der Waals surface area contributed by atoms with Crippen LogP contribution >= 0.6 is 0 Å². The zero-order chi connectivity index (χ0) is 13.8. The first kappa shape index (κ1) is 13.0. The van der Waals surface area contributed by atoms with Gasteiger partial charge in [-0.3, -0.25) is 0 Å². The monoisotopic (exact) mass is 268 g/mol. The highest BCUT2D eigenvalue weighted by Crippen LogP contribution is 2.20. The number of phenolic OH excluding ortho intramolecular Hbond substituents is 1. The topological polar surface area (TPSA) is 35.5 Å². The molecule has 0 bridgehead atoms. The van der Waals surface area contributed by atoms with Crippen LogP contribution in [-0.2, 0) is 6.54 Å². The first-order chi connectivity index (χ1) is 9.81. The molecular formula is C17H20N2O. The van der Waals surface area contributed by atoms with Gasteiger partial charge < -0.3 is 15.3 Å². The fraction of sp³-hybridized carbons (Fsp3) is 0.294. The van der Waals surface area contributed by atoms with Gasteiger partial charge in [0.15, 0.2) is 0 Å². The van der Waals surface area contributed by atoms with Crippen LogP contribution in [0.2, 0.25) is 0 Å². The average Bonchev–Trinajstić information content (AvgIpc) is 2.95. The first-order valence-electron chi connectivity index (χ1n) is 7.12. The van der Waals surface area contributed by atoms with Crippen LogP contribution in [0.3, 0.4) is 0 Å². The van der Waals surface area contributed by atoms with Crippen molar-refractivity contribution in [2.75, 3.05) is 18.0 Å². The van der Waals surface area contributed by atoms with Crippen molar-refractivity contribution in [3.05, 3.63) is 60.2 Å². The van der Waals surface area contributed by atoms with Crippen molar-refractivity contribution in [3.63, 3.8) is 0 Å². The van der Waals surface area contributed by atoms with Gasteiger partial charge in [0, 0.05) is 31.4 Å².